The van der Waals surface area contributed by atoms with E-state index in [1.54, 1.807) is 0 Å². The normalized spacial score (nSPS) is 11.8. The fourth-order valence-corrected chi connectivity index (χ4v) is 1.46. The average molecular weight is 221 g/mol. The van der Waals surface area contributed by atoms with Gasteiger partial charge in [-0.15, -0.1) is 6.58 Å². The molecule has 3 nitrogen and oxygen atoms in total. The van der Waals surface area contributed by atoms with Gasteiger partial charge in [0.25, 0.3) is 0 Å². The van der Waals surface area contributed by atoms with Crippen LogP contribution in [0.1, 0.15) is 38.4 Å². The second-order valence-electron chi connectivity index (χ2n) is 5.16. The summed E-state index contributed by atoms with van der Waals surface area (Å²) in [5.41, 5.74) is 2.67. The minimum Gasteiger partial charge on any atom is -0.308 e. The van der Waals surface area contributed by atoms with Gasteiger partial charge in [-0.05, 0) is 34.1 Å². The van der Waals surface area contributed by atoms with Gasteiger partial charge in [0.15, 0.2) is 0 Å². The molecule has 0 aromatic carbocycles. The van der Waals surface area contributed by atoms with Crippen molar-refractivity contribution < 1.29 is 0 Å². The molecule has 0 fully saturated rings. The Labute approximate surface area is 98.5 Å². The Morgan fingerprint density at radius 2 is 2.19 bits per heavy atom. The molecule has 0 saturated carbocycles. The van der Waals surface area contributed by atoms with Gasteiger partial charge in [-0.25, -0.2) is 0 Å². The monoisotopic (exact) mass is 221 g/mol. The first-order valence-electron chi connectivity index (χ1n) is 5.81. The maximum Gasteiger partial charge on any atom is 0.0537 e. The molecule has 0 amide bonds. The molecule has 1 N–H and O–H groups in total. The predicted molar refractivity (Wildman–Crippen MR) is 68.4 cm³/mol. The van der Waals surface area contributed by atoms with Crippen molar-refractivity contribution >= 4 is 0 Å². The summed E-state index contributed by atoms with van der Waals surface area (Å²) in [6, 6.07) is 0. The Kier molecular flexibility index (Phi) is 4.30. The molecule has 1 aromatic heterocycles. The van der Waals surface area contributed by atoms with Crippen molar-refractivity contribution in [3.8, 4) is 0 Å². The van der Waals surface area contributed by atoms with Crippen LogP contribution in [0.4, 0.5) is 0 Å². The topological polar surface area (TPSA) is 29.9 Å². The van der Waals surface area contributed by atoms with E-state index >= 15 is 0 Å². The number of rotatable bonds is 5. The van der Waals surface area contributed by atoms with E-state index in [1.807, 2.05) is 17.0 Å². The van der Waals surface area contributed by atoms with Gasteiger partial charge in [0.2, 0.25) is 0 Å². The van der Waals surface area contributed by atoms with Crippen LogP contribution in [0, 0.1) is 6.92 Å². The van der Waals surface area contributed by atoms with E-state index in [0.29, 0.717) is 0 Å². The van der Waals surface area contributed by atoms with Crippen molar-refractivity contribution in [2.75, 3.05) is 0 Å². The van der Waals surface area contributed by atoms with Crippen LogP contribution in [0.2, 0.25) is 0 Å². The van der Waals surface area contributed by atoms with Gasteiger partial charge in [-0.1, -0.05) is 6.08 Å². The molecule has 0 atom stereocenters. The minimum absolute atomic E-state index is 0.148. The highest BCUT2D eigenvalue weighted by atomic mass is 15.3. The predicted octanol–water partition coefficient (Wildman–Crippen LogP) is 2.66. The lowest BCUT2D eigenvalue weighted by molar-refractivity contribution is 0.423. The molecule has 0 unspecified atom stereocenters. The van der Waals surface area contributed by atoms with Gasteiger partial charge in [-0.2, -0.15) is 5.10 Å². The molecule has 1 rings (SSSR count). The summed E-state index contributed by atoms with van der Waals surface area (Å²) in [6.07, 6.45) is 4.85. The molecule has 0 aliphatic heterocycles. The number of hydrogen-bond acceptors (Lipinski definition) is 2. The number of allylic oxidation sites excluding steroid dienone is 1. The van der Waals surface area contributed by atoms with Gasteiger partial charge >= 0.3 is 0 Å². The zero-order valence-electron chi connectivity index (χ0n) is 10.9. The second kappa shape index (κ2) is 5.30. The Hall–Kier alpha value is -1.09. The molecule has 1 heterocycles. The number of aromatic nitrogens is 2. The summed E-state index contributed by atoms with van der Waals surface area (Å²) < 4.78 is 2.04. The Morgan fingerprint density at radius 3 is 2.75 bits per heavy atom. The lowest BCUT2D eigenvalue weighted by atomic mass is 10.1. The first kappa shape index (κ1) is 13.0. The van der Waals surface area contributed by atoms with Gasteiger partial charge in [0.1, 0.15) is 0 Å². The van der Waals surface area contributed by atoms with E-state index < -0.39 is 0 Å². The fourth-order valence-electron chi connectivity index (χ4n) is 1.46. The van der Waals surface area contributed by atoms with E-state index in [2.05, 4.69) is 44.7 Å². The quantitative estimate of drug-likeness (QED) is 0.775. The van der Waals surface area contributed by atoms with Crippen molar-refractivity contribution in [2.24, 2.45) is 0 Å². The molecule has 1 aromatic rings. The number of nitrogens with one attached hydrogen (secondary N) is 1. The molecule has 16 heavy (non-hydrogen) atoms. The molecule has 90 valence electrons. The van der Waals surface area contributed by atoms with Gasteiger partial charge in [0, 0.05) is 29.9 Å². The van der Waals surface area contributed by atoms with Crippen LogP contribution in [-0.4, -0.2) is 15.3 Å². The van der Waals surface area contributed by atoms with E-state index in [9.17, 15) is 0 Å². The molecular formula is C13H23N3. The lowest BCUT2D eigenvalue weighted by Crippen LogP contribution is -2.35. The highest BCUT2D eigenvalue weighted by molar-refractivity contribution is 5.16. The Morgan fingerprint density at radius 1 is 1.50 bits per heavy atom. The zero-order valence-corrected chi connectivity index (χ0v) is 10.9. The summed E-state index contributed by atoms with van der Waals surface area (Å²) in [4.78, 5) is 0. The van der Waals surface area contributed by atoms with Crippen LogP contribution in [-0.2, 0) is 13.1 Å². The Bertz CT molecular complexity index is 345. The second-order valence-corrected chi connectivity index (χ2v) is 5.16. The van der Waals surface area contributed by atoms with Crippen LogP contribution in [0.25, 0.3) is 0 Å². The number of aryl methyl sites for hydroxylation is 1. The number of hydrogen-bond donors (Lipinski definition) is 1. The standard InChI is InChI=1S/C13H23N3/c1-6-7-8-16-11(2)12(10-15-16)9-14-13(3,4)5/h6,10,14H,1,7-9H2,2-5H3. The zero-order chi connectivity index (χ0) is 12.2. The van der Waals surface area contributed by atoms with Crippen LogP contribution in [0.15, 0.2) is 18.9 Å². The minimum atomic E-state index is 0.148. The van der Waals surface area contributed by atoms with E-state index in [1.165, 1.54) is 11.3 Å². The molecule has 0 aliphatic rings. The van der Waals surface area contributed by atoms with Crippen LogP contribution < -0.4 is 5.32 Å². The fraction of sp³-hybridized carbons (Fsp3) is 0.615. The SMILES string of the molecule is C=CCCn1ncc(CNC(C)(C)C)c1C. The summed E-state index contributed by atoms with van der Waals surface area (Å²) in [5, 5.41) is 7.86. The lowest BCUT2D eigenvalue weighted by Gasteiger charge is -2.20. The molecule has 0 bridgehead atoms. The average Bonchev–Trinajstić information content (AvgIpc) is 2.53. The summed E-state index contributed by atoms with van der Waals surface area (Å²) in [7, 11) is 0. The third kappa shape index (κ3) is 3.81. The van der Waals surface area contributed by atoms with Crippen LogP contribution in [0.3, 0.4) is 0 Å². The smallest absolute Gasteiger partial charge is 0.0537 e. The first-order chi connectivity index (χ1) is 7.44. The number of nitrogens with zero attached hydrogens (tertiary/aromatic N) is 2. The third-order valence-corrected chi connectivity index (χ3v) is 2.56. The molecule has 0 aliphatic carbocycles. The van der Waals surface area contributed by atoms with Gasteiger partial charge < -0.3 is 5.32 Å². The summed E-state index contributed by atoms with van der Waals surface area (Å²) >= 11 is 0. The van der Waals surface area contributed by atoms with Crippen molar-refractivity contribution in [1.82, 2.24) is 15.1 Å². The highest BCUT2D eigenvalue weighted by Gasteiger charge is 2.11. The van der Waals surface area contributed by atoms with E-state index in [-0.39, 0.29) is 5.54 Å². The van der Waals surface area contributed by atoms with E-state index in [4.69, 9.17) is 0 Å². The van der Waals surface area contributed by atoms with Crippen LogP contribution >= 0.6 is 0 Å². The third-order valence-electron chi connectivity index (χ3n) is 2.56. The molecule has 0 radical (unpaired) electrons. The molecule has 0 saturated heterocycles. The summed E-state index contributed by atoms with van der Waals surface area (Å²) in [6.45, 7) is 14.2. The molecular weight excluding hydrogens is 198 g/mol. The van der Waals surface area contributed by atoms with Crippen LogP contribution in [0.5, 0.6) is 0 Å². The van der Waals surface area contributed by atoms with Crippen molar-refractivity contribution in [1.29, 1.82) is 0 Å². The van der Waals surface area contributed by atoms with E-state index in [0.717, 1.165) is 19.5 Å². The van der Waals surface area contributed by atoms with Crippen molar-refractivity contribution in [3.05, 3.63) is 30.1 Å². The van der Waals surface area contributed by atoms with Crippen molar-refractivity contribution in [3.63, 3.8) is 0 Å². The highest BCUT2D eigenvalue weighted by Crippen LogP contribution is 2.09. The van der Waals surface area contributed by atoms with Gasteiger partial charge in [-0.3, -0.25) is 4.68 Å². The van der Waals surface area contributed by atoms with Crippen molar-refractivity contribution in [2.45, 2.75) is 52.7 Å². The maximum atomic E-state index is 4.38. The first-order valence-corrected chi connectivity index (χ1v) is 5.81. The van der Waals surface area contributed by atoms with Gasteiger partial charge in [0.05, 0.1) is 6.20 Å². The largest absolute Gasteiger partial charge is 0.308 e. The Balaban J connectivity index is 2.61. The molecule has 0 spiro atoms. The molecule has 3 heteroatoms. The maximum absolute atomic E-state index is 4.38. The summed E-state index contributed by atoms with van der Waals surface area (Å²) in [5.74, 6) is 0.